The predicted molar refractivity (Wildman–Crippen MR) is 81.2 cm³/mol. The van der Waals surface area contributed by atoms with E-state index in [0.717, 1.165) is 11.1 Å². The summed E-state index contributed by atoms with van der Waals surface area (Å²) in [6.45, 7) is 3.58. The molecule has 2 N–H and O–H groups in total. The van der Waals surface area contributed by atoms with E-state index in [0.29, 0.717) is 26.2 Å². The fraction of sp³-hybridized carbons (Fsp3) is 0.562. The van der Waals surface area contributed by atoms with E-state index >= 15 is 0 Å². The monoisotopic (exact) mass is 295 g/mol. The third-order valence-corrected chi connectivity index (χ3v) is 3.69. The van der Waals surface area contributed by atoms with Crippen LogP contribution in [0.1, 0.15) is 17.5 Å². The van der Waals surface area contributed by atoms with E-state index in [1.807, 2.05) is 31.2 Å². The van der Waals surface area contributed by atoms with E-state index in [4.69, 9.17) is 19.9 Å². The number of rotatable bonds is 9. The van der Waals surface area contributed by atoms with Gasteiger partial charge in [0.2, 0.25) is 0 Å². The molecule has 0 radical (unpaired) electrons. The molecule has 0 saturated heterocycles. The molecule has 0 aliphatic heterocycles. The summed E-state index contributed by atoms with van der Waals surface area (Å²) in [5.41, 5.74) is 6.99. The first-order chi connectivity index (χ1) is 10.1. The molecule has 0 spiro atoms. The number of aryl methyl sites for hydroxylation is 1. The van der Waals surface area contributed by atoms with Crippen LogP contribution < -0.4 is 5.73 Å². The highest BCUT2D eigenvalue weighted by molar-refractivity contribution is 5.84. The van der Waals surface area contributed by atoms with Gasteiger partial charge in [-0.15, -0.1) is 0 Å². The van der Waals surface area contributed by atoms with Gasteiger partial charge in [-0.25, -0.2) is 0 Å². The maximum absolute atomic E-state index is 12.4. The third-order valence-electron chi connectivity index (χ3n) is 3.69. The van der Waals surface area contributed by atoms with Crippen LogP contribution in [0.4, 0.5) is 0 Å². The summed E-state index contributed by atoms with van der Waals surface area (Å²) in [5, 5.41) is 0. The van der Waals surface area contributed by atoms with Crippen LogP contribution in [0, 0.1) is 6.92 Å². The van der Waals surface area contributed by atoms with Crippen LogP contribution in [0.5, 0.6) is 0 Å². The van der Waals surface area contributed by atoms with Gasteiger partial charge in [0.25, 0.3) is 0 Å². The van der Waals surface area contributed by atoms with Crippen LogP contribution in [0.25, 0.3) is 0 Å². The summed E-state index contributed by atoms with van der Waals surface area (Å²) < 4.78 is 15.4. The Hall–Kier alpha value is -1.43. The Labute approximate surface area is 126 Å². The van der Waals surface area contributed by atoms with Gasteiger partial charge in [0.1, 0.15) is 5.41 Å². The number of hydrogen-bond acceptors (Lipinski definition) is 5. The van der Waals surface area contributed by atoms with Crippen molar-refractivity contribution in [3.8, 4) is 0 Å². The lowest BCUT2D eigenvalue weighted by Gasteiger charge is -2.31. The minimum atomic E-state index is -0.868. The normalized spacial score (nSPS) is 13.7. The number of methoxy groups -OCH3 is 2. The van der Waals surface area contributed by atoms with Gasteiger partial charge in [-0.3, -0.25) is 4.79 Å². The van der Waals surface area contributed by atoms with Gasteiger partial charge in [0.15, 0.2) is 0 Å². The largest absolute Gasteiger partial charge is 0.468 e. The second-order valence-electron chi connectivity index (χ2n) is 4.95. The summed E-state index contributed by atoms with van der Waals surface area (Å²) in [6.07, 6.45) is 0.477. The van der Waals surface area contributed by atoms with Crippen LogP contribution in [0.2, 0.25) is 0 Å². The standard InChI is InChI=1S/C16H25NO4/c1-13-6-4-5-7-14(13)16(12-17,15(18)20-3)8-9-21-11-10-19-2/h4-7H,8-12,17H2,1-3H3. The number of carbonyl (C=O) groups is 1. The Morgan fingerprint density at radius 2 is 1.90 bits per heavy atom. The predicted octanol–water partition coefficient (Wildman–Crippen LogP) is 1.42. The molecule has 0 aromatic heterocycles. The molecule has 0 heterocycles. The van der Waals surface area contributed by atoms with Crippen molar-refractivity contribution in [1.29, 1.82) is 0 Å². The second-order valence-corrected chi connectivity index (χ2v) is 4.95. The SMILES string of the molecule is COCCOCCC(CN)(C(=O)OC)c1ccccc1C. The number of esters is 1. The Kier molecular flexibility index (Phi) is 7.36. The van der Waals surface area contributed by atoms with Gasteiger partial charge in [0, 0.05) is 20.3 Å². The number of carbonyl (C=O) groups excluding carboxylic acids is 1. The first-order valence-corrected chi connectivity index (χ1v) is 7.03. The number of benzene rings is 1. The summed E-state index contributed by atoms with van der Waals surface area (Å²) in [5.74, 6) is -0.324. The molecule has 5 nitrogen and oxygen atoms in total. The lowest BCUT2D eigenvalue weighted by molar-refractivity contribution is -0.148. The van der Waals surface area contributed by atoms with Gasteiger partial charge in [-0.1, -0.05) is 24.3 Å². The zero-order valence-electron chi connectivity index (χ0n) is 13.1. The highest BCUT2D eigenvalue weighted by atomic mass is 16.5. The topological polar surface area (TPSA) is 70.8 Å². The molecule has 1 rings (SSSR count). The van der Waals surface area contributed by atoms with E-state index in [-0.39, 0.29) is 12.5 Å². The van der Waals surface area contributed by atoms with Gasteiger partial charge in [0.05, 0.1) is 20.3 Å². The minimum absolute atomic E-state index is 0.179. The Morgan fingerprint density at radius 1 is 1.19 bits per heavy atom. The Morgan fingerprint density at radius 3 is 2.48 bits per heavy atom. The Balaban J connectivity index is 2.95. The minimum Gasteiger partial charge on any atom is -0.468 e. The summed E-state index contributed by atoms with van der Waals surface area (Å²) in [6, 6.07) is 7.73. The molecule has 0 fully saturated rings. The molecule has 0 bridgehead atoms. The van der Waals surface area contributed by atoms with Crippen molar-refractivity contribution in [1.82, 2.24) is 0 Å². The van der Waals surface area contributed by atoms with Crippen LogP contribution >= 0.6 is 0 Å². The van der Waals surface area contributed by atoms with Crippen molar-refractivity contribution in [2.45, 2.75) is 18.8 Å². The van der Waals surface area contributed by atoms with E-state index in [1.54, 1.807) is 7.11 Å². The molecule has 0 saturated carbocycles. The molecular weight excluding hydrogens is 270 g/mol. The molecule has 118 valence electrons. The van der Waals surface area contributed by atoms with Gasteiger partial charge in [-0.2, -0.15) is 0 Å². The van der Waals surface area contributed by atoms with Crippen LogP contribution in [0.3, 0.4) is 0 Å². The summed E-state index contributed by atoms with van der Waals surface area (Å²) >= 11 is 0. The van der Waals surface area contributed by atoms with Crippen LogP contribution in [-0.2, 0) is 24.4 Å². The number of nitrogens with two attached hydrogens (primary N) is 1. The fourth-order valence-corrected chi connectivity index (χ4v) is 2.44. The summed E-state index contributed by atoms with van der Waals surface area (Å²) in [4.78, 5) is 12.4. The van der Waals surface area contributed by atoms with Crippen LogP contribution in [0.15, 0.2) is 24.3 Å². The zero-order valence-corrected chi connectivity index (χ0v) is 13.1. The van der Waals surface area contributed by atoms with Crippen molar-refractivity contribution in [2.24, 2.45) is 5.73 Å². The Bertz CT molecular complexity index is 450. The molecule has 1 aromatic rings. The zero-order chi connectivity index (χ0) is 15.7. The van der Waals surface area contributed by atoms with E-state index in [9.17, 15) is 4.79 Å². The van der Waals surface area contributed by atoms with Crippen molar-refractivity contribution in [3.05, 3.63) is 35.4 Å². The average molecular weight is 295 g/mol. The molecule has 0 aliphatic rings. The van der Waals surface area contributed by atoms with Crippen LogP contribution in [-0.4, -0.2) is 46.6 Å². The van der Waals surface area contributed by atoms with E-state index in [2.05, 4.69) is 0 Å². The smallest absolute Gasteiger partial charge is 0.317 e. The van der Waals surface area contributed by atoms with Gasteiger partial charge < -0.3 is 19.9 Å². The molecule has 0 amide bonds. The maximum atomic E-state index is 12.4. The molecule has 21 heavy (non-hydrogen) atoms. The maximum Gasteiger partial charge on any atom is 0.317 e. The molecular formula is C16H25NO4. The molecule has 1 aromatic carbocycles. The van der Waals surface area contributed by atoms with Crippen molar-refractivity contribution < 1.29 is 19.0 Å². The van der Waals surface area contributed by atoms with Crippen molar-refractivity contribution in [2.75, 3.05) is 40.6 Å². The fourth-order valence-electron chi connectivity index (χ4n) is 2.44. The first-order valence-electron chi connectivity index (χ1n) is 7.03. The summed E-state index contributed by atoms with van der Waals surface area (Å²) in [7, 11) is 3.01. The van der Waals surface area contributed by atoms with E-state index < -0.39 is 5.41 Å². The molecule has 1 atom stereocenters. The third kappa shape index (κ3) is 4.27. The molecule has 1 unspecified atom stereocenters. The quantitative estimate of drug-likeness (QED) is 0.551. The van der Waals surface area contributed by atoms with Crippen molar-refractivity contribution >= 4 is 5.97 Å². The first kappa shape index (κ1) is 17.6. The van der Waals surface area contributed by atoms with E-state index in [1.165, 1.54) is 7.11 Å². The average Bonchev–Trinajstić information content (AvgIpc) is 2.51. The number of ether oxygens (including phenoxy) is 3. The van der Waals surface area contributed by atoms with Gasteiger partial charge in [-0.05, 0) is 24.5 Å². The van der Waals surface area contributed by atoms with Gasteiger partial charge >= 0.3 is 5.97 Å². The second kappa shape index (κ2) is 8.77. The lowest BCUT2D eigenvalue weighted by Crippen LogP contribution is -2.45. The lowest BCUT2D eigenvalue weighted by atomic mass is 9.76. The molecule has 0 aliphatic carbocycles. The highest BCUT2D eigenvalue weighted by Crippen LogP contribution is 2.31. The highest BCUT2D eigenvalue weighted by Gasteiger charge is 2.40. The molecule has 5 heteroatoms. The number of hydrogen-bond donors (Lipinski definition) is 1. The van der Waals surface area contributed by atoms with Crippen molar-refractivity contribution in [3.63, 3.8) is 0 Å².